The van der Waals surface area contributed by atoms with Crippen LogP contribution in [-0.4, -0.2) is 11.7 Å². The van der Waals surface area contributed by atoms with Gasteiger partial charge in [-0.1, -0.05) is 24.3 Å². The Kier molecular flexibility index (Phi) is 4.85. The topological polar surface area (TPSA) is 20.2 Å². The van der Waals surface area contributed by atoms with E-state index in [1.807, 2.05) is 12.1 Å². The fourth-order valence-corrected chi connectivity index (χ4v) is 1.51. The van der Waals surface area contributed by atoms with Crippen molar-refractivity contribution in [1.82, 2.24) is 0 Å². The molecule has 1 N–H and O–H groups in total. The summed E-state index contributed by atoms with van der Waals surface area (Å²) in [5.74, 6) is 16.3. The molecule has 0 bridgehead atoms. The predicted octanol–water partition coefficient (Wildman–Crippen LogP) is 1.63. The van der Waals surface area contributed by atoms with Gasteiger partial charge in [0.25, 0.3) is 0 Å². The highest BCUT2D eigenvalue weighted by molar-refractivity contribution is 7.13. The molecule has 2 heteroatoms. The normalized spacial score (nSPS) is 7.27. The van der Waals surface area contributed by atoms with Crippen LogP contribution < -0.4 is 0 Å². The summed E-state index contributed by atoms with van der Waals surface area (Å²) < 4.78 is 0. The molecule has 15 heavy (non-hydrogen) atoms. The largest absolute Gasteiger partial charge is 0.384 e. The van der Waals surface area contributed by atoms with Gasteiger partial charge in [-0.15, -0.1) is 11.3 Å². The number of aliphatic hydroxyl groups excluding tert-OH is 1. The smallest absolute Gasteiger partial charge is 0.104 e. The second-order valence-corrected chi connectivity index (χ2v) is 3.43. The summed E-state index contributed by atoms with van der Waals surface area (Å²) in [5.41, 5.74) is 0. The van der Waals surface area contributed by atoms with E-state index < -0.39 is 0 Å². The third-order valence-electron chi connectivity index (χ3n) is 1.32. The van der Waals surface area contributed by atoms with Gasteiger partial charge in [-0.2, -0.15) is 0 Å². The highest BCUT2D eigenvalue weighted by Gasteiger charge is 1.92. The monoisotopic (exact) mass is 212 g/mol. The molecular formula is C13H8OS. The van der Waals surface area contributed by atoms with Gasteiger partial charge in [-0.25, -0.2) is 0 Å². The maximum atomic E-state index is 8.51. The number of aliphatic hydroxyl groups is 1. The van der Waals surface area contributed by atoms with E-state index >= 15 is 0 Å². The van der Waals surface area contributed by atoms with Crippen LogP contribution in [0.3, 0.4) is 0 Å². The first-order chi connectivity index (χ1) is 7.36. The lowest BCUT2D eigenvalue weighted by atomic mass is 10.4. The molecule has 1 rings (SSSR count). The minimum absolute atomic E-state index is 0.121. The molecule has 1 heterocycles. The van der Waals surface area contributed by atoms with Crippen LogP contribution >= 0.6 is 11.3 Å². The van der Waals surface area contributed by atoms with Crippen molar-refractivity contribution in [2.24, 2.45) is 0 Å². The van der Waals surface area contributed by atoms with E-state index in [1.54, 1.807) is 0 Å². The molecule has 72 valence electrons. The molecule has 0 atom stereocenters. The molecule has 0 aliphatic heterocycles. The van der Waals surface area contributed by atoms with Crippen LogP contribution in [0.5, 0.6) is 0 Å². The molecule has 0 unspecified atom stereocenters. The summed E-state index contributed by atoms with van der Waals surface area (Å²) in [6.45, 7) is 3.34. The average molecular weight is 212 g/mol. The lowest BCUT2D eigenvalue weighted by Crippen LogP contribution is -1.70. The third kappa shape index (κ3) is 4.21. The Morgan fingerprint density at radius 2 is 2.00 bits per heavy atom. The van der Waals surface area contributed by atoms with Crippen LogP contribution in [0.1, 0.15) is 9.75 Å². The molecule has 1 aromatic heterocycles. The lowest BCUT2D eigenvalue weighted by Gasteiger charge is -1.75. The molecule has 0 aliphatic rings. The van der Waals surface area contributed by atoms with Crippen LogP contribution in [0.2, 0.25) is 0 Å². The first-order valence-corrected chi connectivity index (χ1v) is 5.00. The average Bonchev–Trinajstić information content (AvgIpc) is 2.69. The van der Waals surface area contributed by atoms with E-state index in [0.717, 1.165) is 9.75 Å². The zero-order valence-electron chi connectivity index (χ0n) is 8.00. The number of hydrogen-bond donors (Lipinski definition) is 1. The first kappa shape index (κ1) is 11.2. The van der Waals surface area contributed by atoms with Gasteiger partial charge in [0, 0.05) is 0 Å². The van der Waals surface area contributed by atoms with Crippen molar-refractivity contribution >= 4 is 11.3 Å². The summed E-state index contributed by atoms with van der Waals surface area (Å²) in [7, 11) is 0. The number of hydrogen-bond acceptors (Lipinski definition) is 2. The molecule has 0 radical (unpaired) electrons. The minimum Gasteiger partial charge on any atom is -0.384 e. The number of rotatable bonds is 0. The Balaban J connectivity index is 2.75. The van der Waals surface area contributed by atoms with Gasteiger partial charge in [0.2, 0.25) is 0 Å². The maximum absolute atomic E-state index is 8.51. The Morgan fingerprint density at radius 1 is 1.27 bits per heavy atom. The van der Waals surface area contributed by atoms with Crippen molar-refractivity contribution in [3.8, 4) is 35.5 Å². The van der Waals surface area contributed by atoms with E-state index in [1.165, 1.54) is 17.4 Å². The van der Waals surface area contributed by atoms with Gasteiger partial charge in [-0.3, -0.25) is 0 Å². The summed E-state index contributed by atoms with van der Waals surface area (Å²) in [6, 6.07) is 3.76. The Labute approximate surface area is 93.5 Å². The van der Waals surface area contributed by atoms with Gasteiger partial charge >= 0.3 is 0 Å². The van der Waals surface area contributed by atoms with Crippen molar-refractivity contribution in [1.29, 1.82) is 0 Å². The minimum atomic E-state index is -0.121. The Morgan fingerprint density at radius 3 is 2.67 bits per heavy atom. The number of allylic oxidation sites excluding steroid dienone is 1. The standard InChI is InChI=1S/C13H8OS/c1-2-3-4-5-7-12-9-10-13(15-12)8-6-11-14/h2,9-10,14H,1,11H2. The third-order valence-corrected chi connectivity index (χ3v) is 2.24. The Hall–Kier alpha value is -1.92. The summed E-state index contributed by atoms with van der Waals surface area (Å²) in [5, 5.41) is 8.51. The van der Waals surface area contributed by atoms with Crippen LogP contribution in [0.15, 0.2) is 24.8 Å². The molecule has 0 fully saturated rings. The molecular weight excluding hydrogens is 204 g/mol. The zero-order valence-corrected chi connectivity index (χ0v) is 8.82. The zero-order chi connectivity index (χ0) is 10.9. The molecule has 0 saturated heterocycles. The Bertz CT molecular complexity index is 518. The van der Waals surface area contributed by atoms with Crippen molar-refractivity contribution in [3.05, 3.63) is 34.5 Å². The van der Waals surface area contributed by atoms with Crippen molar-refractivity contribution in [2.45, 2.75) is 0 Å². The van der Waals surface area contributed by atoms with E-state index in [0.29, 0.717) is 0 Å². The molecule has 1 nitrogen and oxygen atoms in total. The molecule has 1 aromatic rings. The van der Waals surface area contributed by atoms with E-state index in [-0.39, 0.29) is 6.61 Å². The van der Waals surface area contributed by atoms with Crippen molar-refractivity contribution in [2.75, 3.05) is 6.61 Å². The number of thiophene rings is 1. The summed E-state index contributed by atoms with van der Waals surface area (Å²) in [6.07, 6.45) is 1.50. The second-order valence-electron chi connectivity index (χ2n) is 2.35. The van der Waals surface area contributed by atoms with Crippen LogP contribution in [0.25, 0.3) is 0 Å². The van der Waals surface area contributed by atoms with Crippen molar-refractivity contribution in [3.63, 3.8) is 0 Å². The summed E-state index contributed by atoms with van der Waals surface area (Å²) >= 11 is 1.48. The highest BCUT2D eigenvalue weighted by atomic mass is 32.1. The molecule has 0 aliphatic carbocycles. The highest BCUT2D eigenvalue weighted by Crippen LogP contribution is 2.13. The fourth-order valence-electron chi connectivity index (χ4n) is 0.779. The molecule has 0 aromatic carbocycles. The van der Waals surface area contributed by atoms with Gasteiger partial charge in [-0.05, 0) is 36.0 Å². The van der Waals surface area contributed by atoms with E-state index in [4.69, 9.17) is 5.11 Å². The molecule has 0 spiro atoms. The SMILES string of the molecule is C=CC#CC#Cc1ccc(C#CCO)s1. The maximum Gasteiger partial charge on any atom is 0.104 e. The molecule has 0 amide bonds. The predicted molar refractivity (Wildman–Crippen MR) is 63.1 cm³/mol. The van der Waals surface area contributed by atoms with Gasteiger partial charge < -0.3 is 5.11 Å². The van der Waals surface area contributed by atoms with Gasteiger partial charge in [0.15, 0.2) is 0 Å². The van der Waals surface area contributed by atoms with Crippen molar-refractivity contribution < 1.29 is 5.11 Å². The quantitative estimate of drug-likeness (QED) is 0.648. The molecule has 0 saturated carbocycles. The van der Waals surface area contributed by atoms with Crippen LogP contribution in [-0.2, 0) is 0 Å². The fraction of sp³-hybridized carbons (Fsp3) is 0.0769. The van der Waals surface area contributed by atoms with Gasteiger partial charge in [0.05, 0.1) is 9.75 Å². The summed E-state index contributed by atoms with van der Waals surface area (Å²) in [4.78, 5) is 1.81. The van der Waals surface area contributed by atoms with Crippen LogP contribution in [0.4, 0.5) is 0 Å². The van der Waals surface area contributed by atoms with E-state index in [9.17, 15) is 0 Å². The lowest BCUT2D eigenvalue weighted by molar-refractivity contribution is 0.350. The second kappa shape index (κ2) is 6.52. The van der Waals surface area contributed by atoms with Crippen LogP contribution in [0, 0.1) is 35.5 Å². The first-order valence-electron chi connectivity index (χ1n) is 4.19. The van der Waals surface area contributed by atoms with Gasteiger partial charge in [0.1, 0.15) is 6.61 Å². The van der Waals surface area contributed by atoms with E-state index in [2.05, 4.69) is 42.1 Å².